The largest absolute Gasteiger partial charge is 0.489 e. The summed E-state index contributed by atoms with van der Waals surface area (Å²) in [5, 5.41) is 13.2. The van der Waals surface area contributed by atoms with Gasteiger partial charge in [-0.05, 0) is 55.3 Å². The maximum Gasteiger partial charge on any atom is 0.124 e. The third-order valence-electron chi connectivity index (χ3n) is 3.48. The fourth-order valence-corrected chi connectivity index (χ4v) is 2.93. The molecule has 0 fully saturated rings. The van der Waals surface area contributed by atoms with E-state index in [1.165, 1.54) is 0 Å². The minimum absolute atomic E-state index is 0.233. The second kappa shape index (κ2) is 10.3. The Morgan fingerprint density at radius 3 is 2.62 bits per heavy atom. The summed E-state index contributed by atoms with van der Waals surface area (Å²) >= 11 is 15.5. The first-order valence-corrected chi connectivity index (χ1v) is 9.32. The number of nitrogens with one attached hydrogen (secondary N) is 1. The van der Waals surface area contributed by atoms with Crippen LogP contribution in [0.25, 0.3) is 0 Å². The van der Waals surface area contributed by atoms with Crippen LogP contribution < -0.4 is 10.1 Å². The van der Waals surface area contributed by atoms with Gasteiger partial charge >= 0.3 is 0 Å². The van der Waals surface area contributed by atoms with Crippen molar-refractivity contribution < 1.29 is 9.84 Å². The van der Waals surface area contributed by atoms with E-state index in [-0.39, 0.29) is 6.61 Å². The van der Waals surface area contributed by atoms with Gasteiger partial charge in [0.25, 0.3) is 0 Å². The number of benzene rings is 2. The summed E-state index contributed by atoms with van der Waals surface area (Å²) < 4.78 is 6.96. The Morgan fingerprint density at radius 2 is 1.88 bits per heavy atom. The van der Waals surface area contributed by atoms with Gasteiger partial charge < -0.3 is 15.2 Å². The number of aliphatic hydroxyl groups is 1. The highest BCUT2D eigenvalue weighted by Crippen LogP contribution is 2.26. The molecule has 0 amide bonds. The van der Waals surface area contributed by atoms with Gasteiger partial charge in [-0.25, -0.2) is 0 Å². The van der Waals surface area contributed by atoms with Crippen molar-refractivity contribution in [3.05, 3.63) is 62.0 Å². The summed E-state index contributed by atoms with van der Waals surface area (Å²) in [4.78, 5) is 0. The van der Waals surface area contributed by atoms with Crippen molar-refractivity contribution in [2.45, 2.75) is 26.0 Å². The quantitative estimate of drug-likeness (QED) is 0.535. The fraction of sp³-hybridized carbons (Fsp3) is 0.333. The van der Waals surface area contributed by atoms with Crippen molar-refractivity contribution in [1.82, 2.24) is 5.32 Å². The number of rotatable bonds is 9. The zero-order valence-electron chi connectivity index (χ0n) is 13.2. The molecule has 2 N–H and O–H groups in total. The van der Waals surface area contributed by atoms with Gasteiger partial charge in [-0.3, -0.25) is 0 Å². The third-order valence-corrected chi connectivity index (χ3v) is 4.71. The lowest BCUT2D eigenvalue weighted by atomic mass is 10.2. The van der Waals surface area contributed by atoms with Crippen molar-refractivity contribution in [2.75, 3.05) is 13.2 Å². The molecule has 0 aliphatic carbocycles. The molecule has 2 rings (SSSR count). The molecule has 0 bridgehead atoms. The molecule has 0 atom stereocenters. The second-order valence-corrected chi connectivity index (χ2v) is 7.13. The number of unbranched alkanes of at least 4 members (excludes halogenated alkanes) is 1. The zero-order valence-corrected chi connectivity index (χ0v) is 16.3. The predicted octanol–water partition coefficient (Wildman–Crippen LogP) is 5.20. The fourth-order valence-electron chi connectivity index (χ4n) is 2.20. The van der Waals surface area contributed by atoms with Gasteiger partial charge in [-0.1, -0.05) is 45.2 Å². The first-order valence-electron chi connectivity index (χ1n) is 7.77. The van der Waals surface area contributed by atoms with Crippen LogP contribution in [0.4, 0.5) is 0 Å². The molecule has 0 radical (unpaired) electrons. The van der Waals surface area contributed by atoms with Crippen molar-refractivity contribution in [2.24, 2.45) is 0 Å². The third kappa shape index (κ3) is 6.26. The maximum atomic E-state index is 8.81. The van der Waals surface area contributed by atoms with Crippen LogP contribution in [0.5, 0.6) is 5.75 Å². The summed E-state index contributed by atoms with van der Waals surface area (Å²) in [6, 6.07) is 11.4. The first-order chi connectivity index (χ1) is 11.6. The summed E-state index contributed by atoms with van der Waals surface area (Å²) in [6.45, 7) is 2.23. The van der Waals surface area contributed by atoms with Crippen LogP contribution in [0.2, 0.25) is 10.0 Å². The van der Waals surface area contributed by atoms with Crippen LogP contribution in [-0.4, -0.2) is 18.3 Å². The van der Waals surface area contributed by atoms with Gasteiger partial charge in [0.1, 0.15) is 12.4 Å². The van der Waals surface area contributed by atoms with Gasteiger partial charge in [0.2, 0.25) is 0 Å². The first kappa shape index (κ1) is 19.5. The smallest absolute Gasteiger partial charge is 0.124 e. The molecular weight excluding hydrogens is 413 g/mol. The van der Waals surface area contributed by atoms with E-state index in [9.17, 15) is 0 Å². The van der Waals surface area contributed by atoms with E-state index in [0.717, 1.165) is 40.7 Å². The summed E-state index contributed by atoms with van der Waals surface area (Å²) in [5.41, 5.74) is 2.04. The Labute approximate surface area is 161 Å². The summed E-state index contributed by atoms with van der Waals surface area (Å²) in [5.74, 6) is 0.832. The second-order valence-electron chi connectivity index (χ2n) is 5.40. The van der Waals surface area contributed by atoms with E-state index in [0.29, 0.717) is 23.2 Å². The highest BCUT2D eigenvalue weighted by molar-refractivity contribution is 9.10. The topological polar surface area (TPSA) is 41.5 Å². The summed E-state index contributed by atoms with van der Waals surface area (Å²) in [7, 11) is 0. The molecule has 6 heteroatoms. The zero-order chi connectivity index (χ0) is 17.4. The molecule has 0 saturated carbocycles. The molecule has 0 unspecified atom stereocenters. The molecule has 0 aromatic heterocycles. The molecule has 0 spiro atoms. The Balaban J connectivity index is 1.97. The number of ether oxygens (including phenoxy) is 1. The van der Waals surface area contributed by atoms with Crippen molar-refractivity contribution in [1.29, 1.82) is 0 Å². The minimum atomic E-state index is 0.233. The van der Waals surface area contributed by atoms with Gasteiger partial charge in [0.15, 0.2) is 0 Å². The number of hydrogen-bond acceptors (Lipinski definition) is 3. The molecule has 130 valence electrons. The van der Waals surface area contributed by atoms with Gasteiger partial charge in [-0.15, -0.1) is 0 Å². The van der Waals surface area contributed by atoms with Crippen LogP contribution in [0.3, 0.4) is 0 Å². The van der Waals surface area contributed by atoms with Crippen LogP contribution in [0, 0.1) is 0 Å². The Morgan fingerprint density at radius 1 is 1.04 bits per heavy atom. The van der Waals surface area contributed by atoms with E-state index >= 15 is 0 Å². The molecule has 2 aromatic carbocycles. The number of halogens is 3. The summed E-state index contributed by atoms with van der Waals surface area (Å²) in [6.07, 6.45) is 1.76. The van der Waals surface area contributed by atoms with E-state index in [1.54, 1.807) is 6.07 Å². The maximum absolute atomic E-state index is 8.81. The Bertz CT molecular complexity index is 667. The van der Waals surface area contributed by atoms with Crippen LogP contribution in [0.1, 0.15) is 24.0 Å². The van der Waals surface area contributed by atoms with Crippen LogP contribution in [0.15, 0.2) is 40.9 Å². The van der Waals surface area contributed by atoms with Gasteiger partial charge in [0, 0.05) is 23.2 Å². The molecule has 0 saturated heterocycles. The lowest BCUT2D eigenvalue weighted by Crippen LogP contribution is -2.15. The van der Waals surface area contributed by atoms with Crippen molar-refractivity contribution >= 4 is 39.1 Å². The normalized spacial score (nSPS) is 10.8. The van der Waals surface area contributed by atoms with E-state index in [2.05, 4.69) is 21.2 Å². The van der Waals surface area contributed by atoms with Crippen LogP contribution in [-0.2, 0) is 13.2 Å². The lowest BCUT2D eigenvalue weighted by Gasteiger charge is -2.13. The molecular formula is C18H20BrCl2NO2. The molecule has 24 heavy (non-hydrogen) atoms. The number of hydrogen-bond donors (Lipinski definition) is 2. The Hall–Kier alpha value is -0.780. The monoisotopic (exact) mass is 431 g/mol. The van der Waals surface area contributed by atoms with Crippen LogP contribution >= 0.6 is 39.1 Å². The Kier molecular flexibility index (Phi) is 8.36. The van der Waals surface area contributed by atoms with E-state index in [4.69, 9.17) is 33.0 Å². The number of aliphatic hydroxyl groups excluding tert-OH is 1. The van der Waals surface area contributed by atoms with Gasteiger partial charge in [0.05, 0.1) is 10.0 Å². The van der Waals surface area contributed by atoms with Crippen molar-refractivity contribution in [3.8, 4) is 5.75 Å². The average molecular weight is 433 g/mol. The highest BCUT2D eigenvalue weighted by Gasteiger charge is 2.06. The predicted molar refractivity (Wildman–Crippen MR) is 103 cm³/mol. The van der Waals surface area contributed by atoms with Gasteiger partial charge in [-0.2, -0.15) is 0 Å². The molecule has 0 aliphatic rings. The SMILES string of the molecule is OCCCCNCc1cc(Br)ccc1OCc1ccc(Cl)c(Cl)c1. The van der Waals surface area contributed by atoms with E-state index < -0.39 is 0 Å². The van der Waals surface area contributed by atoms with E-state index in [1.807, 2.05) is 30.3 Å². The average Bonchev–Trinajstić information content (AvgIpc) is 2.57. The minimum Gasteiger partial charge on any atom is -0.489 e. The highest BCUT2D eigenvalue weighted by atomic mass is 79.9. The molecule has 2 aromatic rings. The molecule has 3 nitrogen and oxygen atoms in total. The van der Waals surface area contributed by atoms with Crippen molar-refractivity contribution in [3.63, 3.8) is 0 Å². The standard InChI is InChI=1S/C18H20BrCl2NO2/c19-15-4-6-18(14(10-15)11-22-7-1-2-8-23)24-12-13-3-5-16(20)17(21)9-13/h3-6,9-10,22-23H,1-2,7-8,11-12H2. The molecule has 0 heterocycles. The lowest BCUT2D eigenvalue weighted by molar-refractivity contribution is 0.283. The molecule has 0 aliphatic heterocycles.